The van der Waals surface area contributed by atoms with Crippen molar-refractivity contribution in [3.05, 3.63) is 0 Å². The Morgan fingerprint density at radius 1 is 1.32 bits per heavy atom. The number of hydrogen-bond acceptors (Lipinski definition) is 3. The fourth-order valence-corrected chi connectivity index (χ4v) is 3.70. The summed E-state index contributed by atoms with van der Waals surface area (Å²) in [5.74, 6) is 1.05. The van der Waals surface area contributed by atoms with Crippen LogP contribution in [-0.4, -0.2) is 47.3 Å². The van der Waals surface area contributed by atoms with E-state index in [-0.39, 0.29) is 12.0 Å². The highest BCUT2D eigenvalue weighted by Crippen LogP contribution is 2.31. The Morgan fingerprint density at radius 3 is 2.53 bits per heavy atom. The lowest BCUT2D eigenvalue weighted by atomic mass is 9.92. The van der Waals surface area contributed by atoms with Crippen molar-refractivity contribution in [3.63, 3.8) is 0 Å². The Morgan fingerprint density at radius 2 is 2.00 bits per heavy atom. The molecule has 2 unspecified atom stereocenters. The predicted molar refractivity (Wildman–Crippen MR) is 75.5 cm³/mol. The average molecular weight is 298 g/mol. The second kappa shape index (κ2) is 7.18. The molecule has 2 N–H and O–H groups in total. The molecule has 2 atom stereocenters. The van der Waals surface area contributed by atoms with E-state index in [1.54, 1.807) is 0 Å². The van der Waals surface area contributed by atoms with E-state index < -0.39 is 12.6 Å². The maximum Gasteiger partial charge on any atom is 0.389 e. The van der Waals surface area contributed by atoms with Crippen LogP contribution in [0.5, 0.6) is 0 Å². The van der Waals surface area contributed by atoms with Crippen molar-refractivity contribution in [1.29, 1.82) is 0 Å². The molecule has 114 valence electrons. The van der Waals surface area contributed by atoms with E-state index in [4.69, 9.17) is 5.73 Å². The van der Waals surface area contributed by atoms with Gasteiger partial charge in [0.25, 0.3) is 0 Å². The predicted octanol–water partition coefficient (Wildman–Crippen LogP) is 3.26. The quantitative estimate of drug-likeness (QED) is 0.816. The van der Waals surface area contributed by atoms with Gasteiger partial charge in [0, 0.05) is 42.6 Å². The maximum atomic E-state index is 12.2. The van der Waals surface area contributed by atoms with Gasteiger partial charge in [-0.15, -0.1) is 0 Å². The van der Waals surface area contributed by atoms with Crippen molar-refractivity contribution in [3.8, 4) is 0 Å². The molecule has 2 nitrogen and oxygen atoms in total. The van der Waals surface area contributed by atoms with E-state index in [0.717, 1.165) is 25.3 Å². The van der Waals surface area contributed by atoms with E-state index >= 15 is 0 Å². The monoisotopic (exact) mass is 298 g/mol. The molecule has 1 heterocycles. The lowest BCUT2D eigenvalue weighted by molar-refractivity contribution is -0.136. The van der Waals surface area contributed by atoms with Crippen LogP contribution < -0.4 is 5.73 Å². The molecule has 1 aliphatic heterocycles. The maximum absolute atomic E-state index is 12.2. The van der Waals surface area contributed by atoms with Gasteiger partial charge < -0.3 is 5.73 Å². The molecule has 0 saturated carbocycles. The van der Waals surface area contributed by atoms with Gasteiger partial charge in [-0.25, -0.2) is 0 Å². The van der Waals surface area contributed by atoms with Crippen LogP contribution >= 0.6 is 11.8 Å². The molecule has 19 heavy (non-hydrogen) atoms. The highest BCUT2D eigenvalue weighted by molar-refractivity contribution is 8.00. The van der Waals surface area contributed by atoms with Crippen LogP contribution in [0, 0.1) is 0 Å². The van der Waals surface area contributed by atoms with E-state index in [2.05, 4.69) is 11.8 Å². The summed E-state index contributed by atoms with van der Waals surface area (Å²) in [7, 11) is 0. The van der Waals surface area contributed by atoms with Crippen LogP contribution in [-0.2, 0) is 0 Å². The molecule has 0 bridgehead atoms. The van der Waals surface area contributed by atoms with Gasteiger partial charge in [0.15, 0.2) is 0 Å². The molecule has 1 fully saturated rings. The first-order valence-corrected chi connectivity index (χ1v) is 7.99. The number of halogens is 3. The lowest BCUT2D eigenvalue weighted by Crippen LogP contribution is -2.56. The van der Waals surface area contributed by atoms with Crippen molar-refractivity contribution in [2.24, 2.45) is 5.73 Å². The summed E-state index contributed by atoms with van der Waals surface area (Å²) in [5.41, 5.74) is 5.55. The Hall–Kier alpha value is 0.0600. The van der Waals surface area contributed by atoms with Gasteiger partial charge in [-0.1, -0.05) is 6.92 Å². The molecule has 1 rings (SSSR count). The van der Waals surface area contributed by atoms with Crippen LogP contribution in [0.15, 0.2) is 0 Å². The molecule has 0 aromatic rings. The van der Waals surface area contributed by atoms with Crippen LogP contribution in [0.4, 0.5) is 13.2 Å². The van der Waals surface area contributed by atoms with Crippen LogP contribution in [0.3, 0.4) is 0 Å². The second-order valence-electron chi connectivity index (χ2n) is 5.52. The summed E-state index contributed by atoms with van der Waals surface area (Å²) < 4.78 is 36.7. The molecule has 0 spiro atoms. The van der Waals surface area contributed by atoms with Crippen molar-refractivity contribution < 1.29 is 13.2 Å². The normalized spacial score (nSPS) is 25.3. The van der Waals surface area contributed by atoms with Gasteiger partial charge in [0.2, 0.25) is 0 Å². The van der Waals surface area contributed by atoms with Gasteiger partial charge in [-0.3, -0.25) is 4.90 Å². The molecule has 0 aromatic carbocycles. The summed E-state index contributed by atoms with van der Waals surface area (Å²) in [6, 6.07) is 0. The fraction of sp³-hybridized carbons (Fsp3) is 1.00. The van der Waals surface area contributed by atoms with Crippen LogP contribution in [0.1, 0.15) is 39.5 Å². The third-order valence-corrected chi connectivity index (χ3v) is 5.35. The Labute approximate surface area is 118 Å². The van der Waals surface area contributed by atoms with Gasteiger partial charge >= 0.3 is 6.18 Å². The Balaban J connectivity index is 2.53. The number of rotatable bonds is 6. The summed E-state index contributed by atoms with van der Waals surface area (Å²) >= 11 is 1.96. The van der Waals surface area contributed by atoms with Gasteiger partial charge in [-0.05, 0) is 26.2 Å². The standard InChI is InChI=1S/C13H25F3N2S/c1-3-11-9-18(7-8-19-11)12(2,10-17)5-4-6-13(14,15)16/h11H,3-10,17H2,1-2H3. The molecule has 0 aromatic heterocycles. The fourth-order valence-electron chi connectivity index (χ4n) is 2.52. The first-order chi connectivity index (χ1) is 8.80. The molecule has 0 radical (unpaired) electrons. The molecule has 6 heteroatoms. The van der Waals surface area contributed by atoms with Gasteiger partial charge in [0.1, 0.15) is 0 Å². The molecule has 0 amide bonds. The third-order valence-electron chi connectivity index (χ3n) is 3.97. The largest absolute Gasteiger partial charge is 0.389 e. The van der Waals surface area contributed by atoms with Crippen LogP contribution in [0.25, 0.3) is 0 Å². The van der Waals surface area contributed by atoms with Crippen molar-refractivity contribution in [2.75, 3.05) is 25.4 Å². The zero-order chi connectivity index (χ0) is 14.5. The highest BCUT2D eigenvalue weighted by atomic mass is 32.2. The molecule has 0 aliphatic carbocycles. The number of nitrogens with two attached hydrogens (primary N) is 1. The van der Waals surface area contributed by atoms with Crippen LogP contribution in [0.2, 0.25) is 0 Å². The molecular formula is C13H25F3N2S. The van der Waals surface area contributed by atoms with Crippen molar-refractivity contribution >= 4 is 11.8 Å². The summed E-state index contributed by atoms with van der Waals surface area (Å²) in [6.45, 7) is 6.46. The third kappa shape index (κ3) is 5.52. The summed E-state index contributed by atoms with van der Waals surface area (Å²) in [6.07, 6.45) is -2.98. The van der Waals surface area contributed by atoms with E-state index in [1.807, 2.05) is 18.7 Å². The zero-order valence-electron chi connectivity index (χ0n) is 11.8. The minimum Gasteiger partial charge on any atom is -0.329 e. The molecule has 1 aliphatic rings. The minimum atomic E-state index is -4.06. The van der Waals surface area contributed by atoms with Crippen molar-refractivity contribution in [1.82, 2.24) is 4.90 Å². The number of nitrogens with zero attached hydrogens (tertiary/aromatic N) is 1. The van der Waals surface area contributed by atoms with Gasteiger partial charge in [0.05, 0.1) is 0 Å². The summed E-state index contributed by atoms with van der Waals surface area (Å²) in [4.78, 5) is 2.30. The SMILES string of the molecule is CCC1CN(C(C)(CN)CCCC(F)(F)F)CCS1. The zero-order valence-corrected chi connectivity index (χ0v) is 12.6. The Kier molecular flexibility index (Phi) is 6.47. The van der Waals surface area contributed by atoms with E-state index in [1.165, 1.54) is 0 Å². The lowest BCUT2D eigenvalue weighted by Gasteiger charge is -2.45. The first kappa shape index (κ1) is 17.1. The highest BCUT2D eigenvalue weighted by Gasteiger charge is 2.35. The van der Waals surface area contributed by atoms with Crippen molar-refractivity contribution in [2.45, 2.75) is 56.5 Å². The first-order valence-electron chi connectivity index (χ1n) is 6.94. The average Bonchev–Trinajstić information content (AvgIpc) is 2.37. The van der Waals surface area contributed by atoms with Gasteiger partial charge in [-0.2, -0.15) is 24.9 Å². The number of thioether (sulfide) groups is 1. The van der Waals surface area contributed by atoms with E-state index in [0.29, 0.717) is 18.2 Å². The number of alkyl halides is 3. The Bertz CT molecular complexity index is 273. The second-order valence-corrected chi connectivity index (χ2v) is 6.93. The molecule has 1 saturated heterocycles. The summed E-state index contributed by atoms with van der Waals surface area (Å²) in [5, 5.41) is 0.585. The topological polar surface area (TPSA) is 29.3 Å². The smallest absolute Gasteiger partial charge is 0.329 e. The van der Waals surface area contributed by atoms with E-state index in [9.17, 15) is 13.2 Å². The number of hydrogen-bond donors (Lipinski definition) is 1. The minimum absolute atomic E-state index is 0.164. The molecular weight excluding hydrogens is 273 g/mol.